The Labute approximate surface area is 124 Å². The van der Waals surface area contributed by atoms with Crippen molar-refractivity contribution in [1.82, 2.24) is 4.57 Å². The maximum absolute atomic E-state index is 11.6. The van der Waals surface area contributed by atoms with Gasteiger partial charge in [-0.1, -0.05) is 30.5 Å². The van der Waals surface area contributed by atoms with Crippen LogP contribution < -0.4 is 0 Å². The first-order chi connectivity index (χ1) is 9.43. The fraction of sp³-hybridized carbons (Fsp3) is 0.235. The van der Waals surface area contributed by atoms with Crippen molar-refractivity contribution in [2.75, 3.05) is 0 Å². The van der Waals surface area contributed by atoms with Crippen LogP contribution in [-0.2, 0) is 7.05 Å². The summed E-state index contributed by atoms with van der Waals surface area (Å²) in [5.41, 5.74) is 4.23. The van der Waals surface area contributed by atoms with Crippen LogP contribution in [0.2, 0.25) is 0 Å². The molecule has 0 saturated heterocycles. The predicted molar refractivity (Wildman–Crippen MR) is 85.5 cm³/mol. The van der Waals surface area contributed by atoms with E-state index in [0.29, 0.717) is 0 Å². The highest BCUT2D eigenvalue weighted by atomic mass is 32.2. The van der Waals surface area contributed by atoms with Gasteiger partial charge in [0.1, 0.15) is 0 Å². The molecule has 1 aromatic heterocycles. The minimum Gasteiger partial charge on any atom is -0.344 e. The summed E-state index contributed by atoms with van der Waals surface area (Å²) in [6.45, 7) is 9.56. The van der Waals surface area contributed by atoms with Gasteiger partial charge in [0, 0.05) is 29.5 Å². The van der Waals surface area contributed by atoms with Crippen molar-refractivity contribution in [2.24, 2.45) is 7.05 Å². The molecule has 2 aromatic rings. The van der Waals surface area contributed by atoms with E-state index >= 15 is 0 Å². The number of nitrogens with zero attached hydrogens (tertiary/aromatic N) is 1. The third-order valence-corrected chi connectivity index (χ3v) is 4.67. The second kappa shape index (κ2) is 5.71. The summed E-state index contributed by atoms with van der Waals surface area (Å²) in [4.78, 5) is 13.9. The lowest BCUT2D eigenvalue weighted by atomic mass is 10.1. The van der Waals surface area contributed by atoms with E-state index in [-0.39, 0.29) is 5.78 Å². The lowest BCUT2D eigenvalue weighted by molar-refractivity contribution is 0.101. The average Bonchev–Trinajstić information content (AvgIpc) is 2.69. The molecule has 0 aliphatic carbocycles. The van der Waals surface area contributed by atoms with Crippen molar-refractivity contribution in [3.05, 3.63) is 53.4 Å². The van der Waals surface area contributed by atoms with Crippen LogP contribution in [0, 0.1) is 13.8 Å². The van der Waals surface area contributed by atoms with Crippen LogP contribution >= 0.6 is 11.8 Å². The molecule has 0 amide bonds. The van der Waals surface area contributed by atoms with E-state index in [0.717, 1.165) is 26.7 Å². The monoisotopic (exact) mass is 285 g/mol. The van der Waals surface area contributed by atoms with Crippen LogP contribution in [0.3, 0.4) is 0 Å². The van der Waals surface area contributed by atoms with Crippen molar-refractivity contribution in [1.29, 1.82) is 0 Å². The van der Waals surface area contributed by atoms with Crippen LogP contribution in [0.15, 0.2) is 40.6 Å². The van der Waals surface area contributed by atoms with Gasteiger partial charge in [0.15, 0.2) is 5.78 Å². The van der Waals surface area contributed by atoms with Crippen molar-refractivity contribution in [2.45, 2.75) is 30.6 Å². The molecule has 20 heavy (non-hydrogen) atoms. The number of ketones is 1. The molecule has 1 heterocycles. The van der Waals surface area contributed by atoms with E-state index in [4.69, 9.17) is 0 Å². The number of hydrogen-bond donors (Lipinski definition) is 0. The first kappa shape index (κ1) is 14.7. The molecule has 0 bridgehead atoms. The van der Waals surface area contributed by atoms with Gasteiger partial charge in [-0.15, -0.1) is 0 Å². The number of hydrogen-bond acceptors (Lipinski definition) is 2. The molecule has 0 N–H and O–H groups in total. The zero-order valence-electron chi connectivity index (χ0n) is 12.4. The number of aryl methyl sites for hydroxylation is 1. The molecule has 0 radical (unpaired) electrons. The number of aromatic nitrogens is 1. The van der Waals surface area contributed by atoms with Gasteiger partial charge in [0.25, 0.3) is 0 Å². The SMILES string of the molecule is C=Cc1cc(Sc2cc(C(C)=O)n(C)c2C)ccc1C. The highest BCUT2D eigenvalue weighted by Crippen LogP contribution is 2.33. The van der Waals surface area contributed by atoms with Gasteiger partial charge < -0.3 is 4.57 Å². The fourth-order valence-electron chi connectivity index (χ4n) is 2.14. The summed E-state index contributed by atoms with van der Waals surface area (Å²) in [5, 5.41) is 0. The third kappa shape index (κ3) is 2.73. The van der Waals surface area contributed by atoms with Gasteiger partial charge in [0.05, 0.1) is 5.69 Å². The lowest BCUT2D eigenvalue weighted by Crippen LogP contribution is -2.02. The largest absolute Gasteiger partial charge is 0.344 e. The second-order valence-corrected chi connectivity index (χ2v) is 6.03. The molecule has 0 fully saturated rings. The van der Waals surface area contributed by atoms with E-state index in [9.17, 15) is 4.79 Å². The number of Topliss-reactive ketones (excluding diaryl/α,β-unsaturated/α-hetero) is 1. The summed E-state index contributed by atoms with van der Waals surface area (Å²) < 4.78 is 1.95. The Balaban J connectivity index is 2.37. The predicted octanol–water partition coefficient (Wildman–Crippen LogP) is 4.64. The molecule has 0 aliphatic rings. The van der Waals surface area contributed by atoms with Crippen LogP contribution in [0.4, 0.5) is 0 Å². The van der Waals surface area contributed by atoms with E-state index in [2.05, 4.69) is 31.7 Å². The summed E-state index contributed by atoms with van der Waals surface area (Å²) in [6.07, 6.45) is 1.87. The molecular weight excluding hydrogens is 266 g/mol. The van der Waals surface area contributed by atoms with Crippen molar-refractivity contribution in [3.63, 3.8) is 0 Å². The molecule has 0 saturated carbocycles. The molecule has 1 aromatic carbocycles. The topological polar surface area (TPSA) is 22.0 Å². The molecule has 0 atom stereocenters. The Morgan fingerprint density at radius 1 is 1.30 bits per heavy atom. The van der Waals surface area contributed by atoms with Crippen molar-refractivity contribution < 1.29 is 4.79 Å². The Hall–Kier alpha value is -1.74. The van der Waals surface area contributed by atoms with Gasteiger partial charge in [-0.3, -0.25) is 4.79 Å². The number of rotatable bonds is 4. The summed E-state index contributed by atoms with van der Waals surface area (Å²) in [7, 11) is 1.93. The maximum atomic E-state index is 11.6. The summed E-state index contributed by atoms with van der Waals surface area (Å²) >= 11 is 1.68. The Kier molecular flexibility index (Phi) is 4.19. The Morgan fingerprint density at radius 2 is 2.00 bits per heavy atom. The van der Waals surface area contributed by atoms with Gasteiger partial charge in [-0.2, -0.15) is 0 Å². The number of carbonyl (C=O) groups excluding carboxylic acids is 1. The minimum atomic E-state index is 0.0955. The molecule has 2 nitrogen and oxygen atoms in total. The average molecular weight is 285 g/mol. The van der Waals surface area contributed by atoms with E-state index < -0.39 is 0 Å². The lowest BCUT2D eigenvalue weighted by Gasteiger charge is -2.06. The van der Waals surface area contributed by atoms with Crippen LogP contribution in [0.5, 0.6) is 0 Å². The van der Waals surface area contributed by atoms with Gasteiger partial charge >= 0.3 is 0 Å². The second-order valence-electron chi connectivity index (χ2n) is 4.92. The van der Waals surface area contributed by atoms with Crippen molar-refractivity contribution >= 4 is 23.6 Å². The molecule has 0 aliphatic heterocycles. The summed E-state index contributed by atoms with van der Waals surface area (Å²) in [6, 6.07) is 8.30. The molecule has 104 valence electrons. The molecule has 0 spiro atoms. The molecule has 0 unspecified atom stereocenters. The van der Waals surface area contributed by atoms with Gasteiger partial charge in [-0.25, -0.2) is 0 Å². The third-order valence-electron chi connectivity index (χ3n) is 3.55. The van der Waals surface area contributed by atoms with Gasteiger partial charge in [-0.05, 0) is 43.2 Å². The van der Waals surface area contributed by atoms with E-state index in [1.807, 2.05) is 30.7 Å². The maximum Gasteiger partial charge on any atom is 0.176 e. The number of benzene rings is 1. The van der Waals surface area contributed by atoms with Gasteiger partial charge in [0.2, 0.25) is 0 Å². The zero-order chi connectivity index (χ0) is 14.9. The standard InChI is InChI=1S/C17H19NOS/c1-6-14-9-15(8-7-11(14)2)20-17-10-16(13(4)19)18(5)12(17)3/h6-10H,1H2,2-5H3. The van der Waals surface area contributed by atoms with E-state index in [1.165, 1.54) is 5.56 Å². The van der Waals surface area contributed by atoms with Crippen molar-refractivity contribution in [3.8, 4) is 0 Å². The Morgan fingerprint density at radius 3 is 2.55 bits per heavy atom. The normalized spacial score (nSPS) is 10.6. The Bertz CT molecular complexity index is 683. The van der Waals surface area contributed by atoms with E-state index in [1.54, 1.807) is 18.7 Å². The van der Waals surface area contributed by atoms with Crippen LogP contribution in [-0.4, -0.2) is 10.4 Å². The first-order valence-corrected chi connectivity index (χ1v) is 7.34. The smallest absolute Gasteiger partial charge is 0.176 e. The quantitative estimate of drug-likeness (QED) is 0.763. The minimum absolute atomic E-state index is 0.0955. The van der Waals surface area contributed by atoms with Crippen LogP contribution in [0.25, 0.3) is 6.08 Å². The number of carbonyl (C=O) groups is 1. The fourth-order valence-corrected chi connectivity index (χ4v) is 3.17. The molecular formula is C17H19NOS. The highest BCUT2D eigenvalue weighted by molar-refractivity contribution is 7.99. The summed E-state index contributed by atoms with van der Waals surface area (Å²) in [5.74, 6) is 0.0955. The molecule has 3 heteroatoms. The highest BCUT2D eigenvalue weighted by Gasteiger charge is 2.13. The van der Waals surface area contributed by atoms with Crippen LogP contribution in [0.1, 0.15) is 34.2 Å². The first-order valence-electron chi connectivity index (χ1n) is 6.52. The zero-order valence-corrected chi connectivity index (χ0v) is 13.2. The molecule has 2 rings (SSSR count).